The minimum atomic E-state index is -0.181. The van der Waals surface area contributed by atoms with Gasteiger partial charge in [-0.05, 0) is 35.4 Å². The van der Waals surface area contributed by atoms with Crippen molar-refractivity contribution in [1.82, 2.24) is 25.1 Å². The lowest BCUT2D eigenvalue weighted by Crippen LogP contribution is -2.20. The SMILES string of the molecule is CN(C)c1ccc(CNC(=O)C=Cc2cn(Cc3ccccc3)nc2-c2cccnc2)cn1. The second kappa shape index (κ2) is 10.4. The first-order valence-electron chi connectivity index (χ1n) is 10.7. The molecule has 0 aliphatic heterocycles. The van der Waals surface area contributed by atoms with Gasteiger partial charge in [0.05, 0.1) is 6.54 Å². The summed E-state index contributed by atoms with van der Waals surface area (Å²) in [4.78, 5) is 23.0. The van der Waals surface area contributed by atoms with Gasteiger partial charge in [0.1, 0.15) is 11.5 Å². The van der Waals surface area contributed by atoms with E-state index in [0.717, 1.165) is 33.8 Å². The van der Waals surface area contributed by atoms with E-state index < -0.39 is 0 Å². The Kier molecular flexibility index (Phi) is 6.90. The molecule has 0 radical (unpaired) electrons. The van der Waals surface area contributed by atoms with Crippen molar-refractivity contribution in [2.45, 2.75) is 13.1 Å². The second-order valence-corrected chi connectivity index (χ2v) is 7.83. The third kappa shape index (κ3) is 5.92. The number of anilines is 1. The van der Waals surface area contributed by atoms with Crippen LogP contribution in [0.25, 0.3) is 17.3 Å². The van der Waals surface area contributed by atoms with E-state index in [1.54, 1.807) is 24.7 Å². The van der Waals surface area contributed by atoms with Gasteiger partial charge >= 0.3 is 0 Å². The Balaban J connectivity index is 1.47. The smallest absolute Gasteiger partial charge is 0.244 e. The van der Waals surface area contributed by atoms with Crippen LogP contribution in [0.15, 0.2) is 85.5 Å². The van der Waals surface area contributed by atoms with Gasteiger partial charge in [0.2, 0.25) is 5.91 Å². The third-order valence-corrected chi connectivity index (χ3v) is 5.06. The van der Waals surface area contributed by atoms with Crippen molar-refractivity contribution in [3.63, 3.8) is 0 Å². The maximum atomic E-state index is 12.4. The summed E-state index contributed by atoms with van der Waals surface area (Å²) in [6, 6.07) is 17.9. The van der Waals surface area contributed by atoms with Crippen molar-refractivity contribution in [2.75, 3.05) is 19.0 Å². The molecule has 33 heavy (non-hydrogen) atoms. The van der Waals surface area contributed by atoms with Gasteiger partial charge < -0.3 is 10.2 Å². The summed E-state index contributed by atoms with van der Waals surface area (Å²) in [7, 11) is 3.88. The van der Waals surface area contributed by atoms with Crippen LogP contribution in [0.2, 0.25) is 0 Å². The summed E-state index contributed by atoms with van der Waals surface area (Å²) in [6.07, 6.45) is 10.5. The Labute approximate surface area is 193 Å². The topological polar surface area (TPSA) is 75.9 Å². The first-order valence-corrected chi connectivity index (χ1v) is 10.7. The average Bonchev–Trinajstić information content (AvgIpc) is 3.25. The number of nitrogens with one attached hydrogen (secondary N) is 1. The van der Waals surface area contributed by atoms with Gasteiger partial charge in [0.15, 0.2) is 0 Å². The number of benzene rings is 1. The molecule has 0 unspecified atom stereocenters. The molecule has 0 atom stereocenters. The fourth-order valence-corrected chi connectivity index (χ4v) is 3.34. The zero-order chi connectivity index (χ0) is 23.0. The molecule has 4 aromatic rings. The van der Waals surface area contributed by atoms with Gasteiger partial charge in [-0.15, -0.1) is 0 Å². The van der Waals surface area contributed by atoms with E-state index in [0.29, 0.717) is 13.1 Å². The van der Waals surface area contributed by atoms with Gasteiger partial charge in [0.25, 0.3) is 0 Å². The number of hydrogen-bond donors (Lipinski definition) is 1. The van der Waals surface area contributed by atoms with Gasteiger partial charge in [0, 0.05) is 62.6 Å². The zero-order valence-electron chi connectivity index (χ0n) is 18.7. The highest BCUT2D eigenvalue weighted by molar-refractivity contribution is 5.92. The first-order chi connectivity index (χ1) is 16.1. The number of carbonyl (C=O) groups excluding carboxylic acids is 1. The minimum absolute atomic E-state index is 0.181. The number of hydrogen-bond acceptors (Lipinski definition) is 5. The maximum Gasteiger partial charge on any atom is 0.244 e. The van der Waals surface area contributed by atoms with E-state index in [4.69, 9.17) is 5.10 Å². The molecular formula is C26H26N6O. The van der Waals surface area contributed by atoms with Gasteiger partial charge in [-0.3, -0.25) is 14.5 Å². The lowest BCUT2D eigenvalue weighted by Gasteiger charge is -2.11. The molecule has 3 aromatic heterocycles. The van der Waals surface area contributed by atoms with Crippen LogP contribution in [0.1, 0.15) is 16.7 Å². The molecule has 0 aliphatic carbocycles. The molecule has 1 aromatic carbocycles. The van der Waals surface area contributed by atoms with E-state index in [1.807, 2.05) is 72.3 Å². The molecule has 3 heterocycles. The summed E-state index contributed by atoms with van der Waals surface area (Å²) >= 11 is 0. The standard InChI is InChI=1S/C26H26N6O/c1-31(2)24-12-10-21(15-28-24)16-29-25(33)13-11-23-19-32(18-20-7-4-3-5-8-20)30-26(23)22-9-6-14-27-17-22/h3-15,17,19H,16,18H2,1-2H3,(H,29,33). The summed E-state index contributed by atoms with van der Waals surface area (Å²) in [5.74, 6) is 0.694. The summed E-state index contributed by atoms with van der Waals surface area (Å²) in [5.41, 5.74) is 4.63. The van der Waals surface area contributed by atoms with Gasteiger partial charge in [-0.2, -0.15) is 5.10 Å². The lowest BCUT2D eigenvalue weighted by molar-refractivity contribution is -0.116. The number of carbonyl (C=O) groups is 1. The molecule has 0 saturated heterocycles. The largest absolute Gasteiger partial charge is 0.363 e. The van der Waals surface area contributed by atoms with Crippen molar-refractivity contribution in [2.24, 2.45) is 0 Å². The van der Waals surface area contributed by atoms with Crippen LogP contribution in [0, 0.1) is 0 Å². The van der Waals surface area contributed by atoms with Gasteiger partial charge in [-0.25, -0.2) is 4.98 Å². The summed E-state index contributed by atoms with van der Waals surface area (Å²) in [5, 5.41) is 7.66. The molecule has 7 nitrogen and oxygen atoms in total. The molecule has 0 saturated carbocycles. The molecule has 0 spiro atoms. The number of rotatable bonds is 8. The van der Waals surface area contributed by atoms with Crippen LogP contribution in [-0.4, -0.2) is 39.8 Å². The van der Waals surface area contributed by atoms with Crippen LogP contribution < -0.4 is 10.2 Å². The van der Waals surface area contributed by atoms with E-state index in [1.165, 1.54) is 6.08 Å². The number of pyridine rings is 2. The third-order valence-electron chi connectivity index (χ3n) is 5.06. The molecule has 4 rings (SSSR count). The predicted octanol–water partition coefficient (Wildman–Crippen LogP) is 3.78. The highest BCUT2D eigenvalue weighted by Gasteiger charge is 2.10. The van der Waals surface area contributed by atoms with Crippen molar-refractivity contribution >= 4 is 17.8 Å². The van der Waals surface area contributed by atoms with Crippen LogP contribution in [0.5, 0.6) is 0 Å². The Hall–Kier alpha value is -4.26. The lowest BCUT2D eigenvalue weighted by atomic mass is 10.1. The predicted molar refractivity (Wildman–Crippen MR) is 130 cm³/mol. The molecule has 7 heteroatoms. The van der Waals surface area contributed by atoms with E-state index in [2.05, 4.69) is 27.4 Å². The fourth-order valence-electron chi connectivity index (χ4n) is 3.34. The Morgan fingerprint density at radius 2 is 1.88 bits per heavy atom. The van der Waals surface area contributed by atoms with E-state index in [9.17, 15) is 4.79 Å². The molecular weight excluding hydrogens is 412 g/mol. The number of amides is 1. The Morgan fingerprint density at radius 1 is 1.03 bits per heavy atom. The van der Waals surface area contributed by atoms with Crippen molar-refractivity contribution in [3.05, 3.63) is 102 Å². The molecule has 1 N–H and O–H groups in total. The first kappa shape index (κ1) is 22.0. The van der Waals surface area contributed by atoms with Crippen molar-refractivity contribution in [1.29, 1.82) is 0 Å². The zero-order valence-corrected chi connectivity index (χ0v) is 18.7. The van der Waals surface area contributed by atoms with E-state index in [-0.39, 0.29) is 5.91 Å². The molecule has 0 bridgehead atoms. The van der Waals surface area contributed by atoms with Gasteiger partial charge in [-0.1, -0.05) is 36.4 Å². The molecule has 1 amide bonds. The Bertz CT molecular complexity index is 1210. The second-order valence-electron chi connectivity index (χ2n) is 7.83. The van der Waals surface area contributed by atoms with E-state index >= 15 is 0 Å². The maximum absolute atomic E-state index is 12.4. The minimum Gasteiger partial charge on any atom is -0.363 e. The number of nitrogens with zero attached hydrogens (tertiary/aromatic N) is 5. The van der Waals surface area contributed by atoms with Crippen LogP contribution in [0.3, 0.4) is 0 Å². The Morgan fingerprint density at radius 3 is 2.58 bits per heavy atom. The van der Waals surface area contributed by atoms with Crippen LogP contribution in [0.4, 0.5) is 5.82 Å². The number of aromatic nitrogens is 4. The normalized spacial score (nSPS) is 11.0. The fraction of sp³-hybridized carbons (Fsp3) is 0.154. The highest BCUT2D eigenvalue weighted by atomic mass is 16.1. The highest BCUT2D eigenvalue weighted by Crippen LogP contribution is 2.23. The van der Waals surface area contributed by atoms with Crippen LogP contribution >= 0.6 is 0 Å². The molecule has 0 fully saturated rings. The van der Waals surface area contributed by atoms with Crippen molar-refractivity contribution in [3.8, 4) is 11.3 Å². The van der Waals surface area contributed by atoms with Crippen molar-refractivity contribution < 1.29 is 4.79 Å². The van der Waals surface area contributed by atoms with Crippen LogP contribution in [-0.2, 0) is 17.9 Å². The molecule has 166 valence electrons. The summed E-state index contributed by atoms with van der Waals surface area (Å²) < 4.78 is 1.88. The quantitative estimate of drug-likeness (QED) is 0.424. The monoisotopic (exact) mass is 438 g/mol. The summed E-state index contributed by atoms with van der Waals surface area (Å²) in [6.45, 7) is 1.05. The molecule has 0 aliphatic rings. The average molecular weight is 439 g/mol.